The number of nitrogens with zero attached hydrogens (tertiary/aromatic N) is 3. The Kier molecular flexibility index (Phi) is 4.81. The van der Waals surface area contributed by atoms with E-state index in [0.717, 1.165) is 12.0 Å². The maximum absolute atomic E-state index is 14.0. The van der Waals surface area contributed by atoms with Crippen molar-refractivity contribution in [1.29, 1.82) is 0 Å². The predicted molar refractivity (Wildman–Crippen MR) is 102 cm³/mol. The normalized spacial score (nSPS) is 16.6. The Morgan fingerprint density at radius 2 is 2.04 bits per heavy atom. The zero-order valence-corrected chi connectivity index (χ0v) is 15.7. The Bertz CT molecular complexity index is 1000. The maximum atomic E-state index is 14.0. The number of carbonyl (C=O) groups is 1. The molecule has 1 aromatic heterocycles. The summed E-state index contributed by atoms with van der Waals surface area (Å²) in [6, 6.07) is 12.4. The zero-order chi connectivity index (χ0) is 19.7. The van der Waals surface area contributed by atoms with Crippen molar-refractivity contribution in [3.05, 3.63) is 59.7 Å². The summed E-state index contributed by atoms with van der Waals surface area (Å²) in [5, 5.41) is 4.07. The molecule has 1 fully saturated rings. The summed E-state index contributed by atoms with van der Waals surface area (Å²) >= 11 is 0. The number of ether oxygens (including phenoxy) is 1. The van der Waals surface area contributed by atoms with Crippen LogP contribution < -0.4 is 9.64 Å². The van der Waals surface area contributed by atoms with Crippen molar-refractivity contribution in [3.63, 3.8) is 0 Å². The molecule has 0 spiro atoms. The van der Waals surface area contributed by atoms with E-state index < -0.39 is 5.82 Å². The lowest BCUT2D eigenvalue weighted by Crippen LogP contribution is -2.24. The van der Waals surface area contributed by atoms with Crippen molar-refractivity contribution < 1.29 is 18.4 Å². The minimum Gasteiger partial charge on any atom is -0.494 e. The van der Waals surface area contributed by atoms with Crippen LogP contribution in [-0.2, 0) is 11.2 Å². The van der Waals surface area contributed by atoms with Gasteiger partial charge in [-0.15, -0.1) is 0 Å². The van der Waals surface area contributed by atoms with E-state index in [9.17, 15) is 9.18 Å². The Morgan fingerprint density at radius 3 is 2.71 bits per heavy atom. The molecule has 1 unspecified atom stereocenters. The molecule has 4 rings (SSSR count). The number of aromatic nitrogens is 2. The molecule has 2 aromatic carbocycles. The number of hydrogen-bond donors (Lipinski definition) is 0. The monoisotopic (exact) mass is 381 g/mol. The lowest BCUT2D eigenvalue weighted by Gasteiger charge is -2.16. The van der Waals surface area contributed by atoms with Gasteiger partial charge in [-0.25, -0.2) is 4.39 Å². The van der Waals surface area contributed by atoms with Gasteiger partial charge in [0, 0.05) is 36.2 Å². The van der Waals surface area contributed by atoms with E-state index in [1.807, 2.05) is 24.3 Å². The van der Waals surface area contributed by atoms with Crippen LogP contribution in [0.4, 0.5) is 10.1 Å². The molecule has 0 N–H and O–H groups in total. The first-order chi connectivity index (χ1) is 13.6. The first kappa shape index (κ1) is 18.2. The molecule has 144 valence electrons. The van der Waals surface area contributed by atoms with Crippen molar-refractivity contribution in [3.8, 4) is 17.2 Å². The van der Waals surface area contributed by atoms with E-state index in [0.29, 0.717) is 23.9 Å². The van der Waals surface area contributed by atoms with Crippen molar-refractivity contribution >= 4 is 11.6 Å². The van der Waals surface area contributed by atoms with Gasteiger partial charge in [0.1, 0.15) is 0 Å². The SMILES string of the molecule is CCc1ccc(-c2nc(C3CC(=O)N(c4ccc(OC)c(F)c4)C3)no2)cc1. The van der Waals surface area contributed by atoms with Gasteiger partial charge in [0.05, 0.1) is 7.11 Å². The first-order valence-corrected chi connectivity index (χ1v) is 9.16. The number of methoxy groups -OCH3 is 1. The largest absolute Gasteiger partial charge is 0.494 e. The highest BCUT2D eigenvalue weighted by Crippen LogP contribution is 2.33. The maximum Gasteiger partial charge on any atom is 0.257 e. The molecule has 2 heterocycles. The molecule has 1 amide bonds. The van der Waals surface area contributed by atoms with Crippen LogP contribution in [0.25, 0.3) is 11.5 Å². The second-order valence-corrected chi connectivity index (χ2v) is 6.73. The van der Waals surface area contributed by atoms with E-state index >= 15 is 0 Å². The fourth-order valence-electron chi connectivity index (χ4n) is 3.35. The topological polar surface area (TPSA) is 68.5 Å². The van der Waals surface area contributed by atoms with E-state index in [1.54, 1.807) is 11.0 Å². The molecular weight excluding hydrogens is 361 g/mol. The van der Waals surface area contributed by atoms with E-state index in [1.165, 1.54) is 24.8 Å². The van der Waals surface area contributed by atoms with Gasteiger partial charge < -0.3 is 14.2 Å². The fraction of sp³-hybridized carbons (Fsp3) is 0.286. The summed E-state index contributed by atoms with van der Waals surface area (Å²) in [5.41, 5.74) is 2.56. The predicted octanol–water partition coefficient (Wildman–Crippen LogP) is 3.97. The number of anilines is 1. The van der Waals surface area contributed by atoms with Gasteiger partial charge in [-0.2, -0.15) is 4.98 Å². The number of halogens is 1. The summed E-state index contributed by atoms with van der Waals surface area (Å²) < 4.78 is 24.3. The quantitative estimate of drug-likeness (QED) is 0.669. The Hall–Kier alpha value is -3.22. The number of amides is 1. The third kappa shape index (κ3) is 3.35. The molecule has 0 saturated carbocycles. The molecular formula is C21H20FN3O3. The van der Waals surface area contributed by atoms with Crippen molar-refractivity contribution in [2.75, 3.05) is 18.6 Å². The van der Waals surface area contributed by atoms with Gasteiger partial charge in [-0.05, 0) is 36.2 Å². The minimum atomic E-state index is -0.506. The van der Waals surface area contributed by atoms with Gasteiger partial charge >= 0.3 is 0 Å². The molecule has 0 radical (unpaired) electrons. The summed E-state index contributed by atoms with van der Waals surface area (Å²) in [4.78, 5) is 18.5. The van der Waals surface area contributed by atoms with Crippen molar-refractivity contribution in [2.45, 2.75) is 25.7 Å². The van der Waals surface area contributed by atoms with Crippen LogP contribution in [0, 0.1) is 5.82 Å². The summed E-state index contributed by atoms with van der Waals surface area (Å²) in [6.07, 6.45) is 1.21. The van der Waals surface area contributed by atoms with Crippen molar-refractivity contribution in [2.24, 2.45) is 0 Å². The average molecular weight is 381 g/mol. The van der Waals surface area contributed by atoms with E-state index in [-0.39, 0.29) is 24.0 Å². The highest BCUT2D eigenvalue weighted by molar-refractivity contribution is 5.96. The fourth-order valence-corrected chi connectivity index (χ4v) is 3.35. The van der Waals surface area contributed by atoms with Gasteiger partial charge in [0.25, 0.3) is 5.89 Å². The second kappa shape index (κ2) is 7.42. The number of aryl methyl sites for hydroxylation is 1. The van der Waals surface area contributed by atoms with Gasteiger partial charge in [-0.1, -0.05) is 24.2 Å². The van der Waals surface area contributed by atoms with Gasteiger partial charge in [-0.3, -0.25) is 4.79 Å². The average Bonchev–Trinajstić information content (AvgIpc) is 3.35. The smallest absolute Gasteiger partial charge is 0.257 e. The summed E-state index contributed by atoms with van der Waals surface area (Å²) in [7, 11) is 1.40. The number of hydrogen-bond acceptors (Lipinski definition) is 5. The first-order valence-electron chi connectivity index (χ1n) is 9.16. The Labute approximate surface area is 161 Å². The van der Waals surface area contributed by atoms with Crippen LogP contribution in [-0.4, -0.2) is 29.7 Å². The third-order valence-corrected chi connectivity index (χ3v) is 4.99. The second-order valence-electron chi connectivity index (χ2n) is 6.73. The zero-order valence-electron chi connectivity index (χ0n) is 15.7. The molecule has 1 saturated heterocycles. The van der Waals surface area contributed by atoms with Gasteiger partial charge in [0.15, 0.2) is 17.4 Å². The lowest BCUT2D eigenvalue weighted by molar-refractivity contribution is -0.117. The van der Waals surface area contributed by atoms with Crippen LogP contribution in [0.5, 0.6) is 5.75 Å². The molecule has 0 bridgehead atoms. The lowest BCUT2D eigenvalue weighted by atomic mass is 10.1. The van der Waals surface area contributed by atoms with Crippen molar-refractivity contribution in [1.82, 2.24) is 10.1 Å². The van der Waals surface area contributed by atoms with Crippen LogP contribution >= 0.6 is 0 Å². The van der Waals surface area contributed by atoms with Crippen LogP contribution in [0.15, 0.2) is 47.0 Å². The molecule has 0 aliphatic carbocycles. The van der Waals surface area contributed by atoms with Crippen LogP contribution in [0.2, 0.25) is 0 Å². The third-order valence-electron chi connectivity index (χ3n) is 4.99. The molecule has 28 heavy (non-hydrogen) atoms. The standard InChI is InChI=1S/C21H20FN3O3/c1-3-13-4-6-14(7-5-13)21-23-20(24-28-21)15-10-19(26)25(12-15)16-8-9-18(27-2)17(22)11-16/h4-9,11,15H,3,10,12H2,1-2H3. The molecule has 1 aliphatic rings. The van der Waals surface area contributed by atoms with Crippen LogP contribution in [0.3, 0.4) is 0 Å². The Morgan fingerprint density at radius 1 is 1.25 bits per heavy atom. The summed E-state index contributed by atoms with van der Waals surface area (Å²) in [5.74, 6) is 0.245. The minimum absolute atomic E-state index is 0.104. The molecule has 3 aromatic rings. The van der Waals surface area contributed by atoms with Gasteiger partial charge in [0.2, 0.25) is 5.91 Å². The summed E-state index contributed by atoms with van der Waals surface area (Å²) in [6.45, 7) is 2.47. The van der Waals surface area contributed by atoms with E-state index in [4.69, 9.17) is 9.26 Å². The molecule has 7 heteroatoms. The number of carbonyl (C=O) groups excluding carboxylic acids is 1. The number of rotatable bonds is 5. The Balaban J connectivity index is 1.52. The van der Waals surface area contributed by atoms with E-state index in [2.05, 4.69) is 17.1 Å². The number of benzene rings is 2. The highest BCUT2D eigenvalue weighted by Gasteiger charge is 2.35. The molecule has 1 atom stereocenters. The molecule has 1 aliphatic heterocycles. The highest BCUT2D eigenvalue weighted by atomic mass is 19.1. The van der Waals surface area contributed by atoms with Crippen LogP contribution in [0.1, 0.15) is 30.7 Å². The molecule has 6 nitrogen and oxygen atoms in total.